The molecule has 1 aliphatic rings. The fourth-order valence-corrected chi connectivity index (χ4v) is 4.64. The maximum absolute atomic E-state index is 12.7. The van der Waals surface area contributed by atoms with Crippen LogP contribution in [0.25, 0.3) is 11.4 Å². The average molecular weight is 448 g/mol. The maximum atomic E-state index is 12.7. The Bertz CT molecular complexity index is 908. The Morgan fingerprint density at radius 2 is 1.70 bits per heavy atom. The van der Waals surface area contributed by atoms with E-state index in [0.29, 0.717) is 11.4 Å². The summed E-state index contributed by atoms with van der Waals surface area (Å²) in [6.45, 7) is 4.35. The Morgan fingerprint density at radius 3 is 2.30 bits per heavy atom. The van der Waals surface area contributed by atoms with Gasteiger partial charge in [-0.15, -0.1) is 0 Å². The van der Waals surface area contributed by atoms with E-state index in [1.807, 2.05) is 24.5 Å². The number of nitriles is 1. The predicted molar refractivity (Wildman–Crippen MR) is 131 cm³/mol. The number of aromatic nitrogens is 2. The summed E-state index contributed by atoms with van der Waals surface area (Å²) in [5.41, 5.74) is 2.31. The van der Waals surface area contributed by atoms with Crippen LogP contribution in [0.5, 0.6) is 0 Å². The van der Waals surface area contributed by atoms with Crippen LogP contribution in [0.3, 0.4) is 0 Å². The molecule has 33 heavy (non-hydrogen) atoms. The average Bonchev–Trinajstić information content (AvgIpc) is 2.86. The summed E-state index contributed by atoms with van der Waals surface area (Å²) in [7, 11) is 0. The summed E-state index contributed by atoms with van der Waals surface area (Å²) in [5, 5.41) is 9.78. The third-order valence-electron chi connectivity index (χ3n) is 6.78. The van der Waals surface area contributed by atoms with Gasteiger partial charge < -0.3 is 4.74 Å². The molecular weight excluding hydrogens is 410 g/mol. The molecule has 0 unspecified atom stereocenters. The zero-order chi connectivity index (χ0) is 23.5. The van der Waals surface area contributed by atoms with E-state index in [9.17, 15) is 10.1 Å². The van der Waals surface area contributed by atoms with Crippen molar-refractivity contribution in [2.45, 2.75) is 97.0 Å². The quantitative estimate of drug-likeness (QED) is 0.272. The van der Waals surface area contributed by atoms with Gasteiger partial charge in [-0.25, -0.2) is 14.8 Å². The number of rotatable bonds is 11. The molecule has 5 nitrogen and oxygen atoms in total. The van der Waals surface area contributed by atoms with Gasteiger partial charge in [0.2, 0.25) is 0 Å². The highest BCUT2D eigenvalue weighted by atomic mass is 16.5. The second-order valence-corrected chi connectivity index (χ2v) is 9.40. The van der Waals surface area contributed by atoms with Crippen LogP contribution in [0.15, 0.2) is 36.7 Å². The van der Waals surface area contributed by atoms with Gasteiger partial charge in [0.1, 0.15) is 6.10 Å². The lowest BCUT2D eigenvalue weighted by molar-refractivity contribution is 0.0105. The molecule has 0 aliphatic heterocycles. The smallest absolute Gasteiger partial charge is 0.338 e. The van der Waals surface area contributed by atoms with Gasteiger partial charge in [-0.1, -0.05) is 64.5 Å². The highest BCUT2D eigenvalue weighted by Crippen LogP contribution is 2.41. The molecular formula is C28H37N3O2. The molecule has 0 saturated heterocycles. The van der Waals surface area contributed by atoms with Crippen LogP contribution in [-0.4, -0.2) is 22.0 Å². The number of esters is 1. The molecule has 0 atom stereocenters. The molecule has 1 aliphatic carbocycles. The zero-order valence-electron chi connectivity index (χ0n) is 20.2. The van der Waals surface area contributed by atoms with E-state index >= 15 is 0 Å². The van der Waals surface area contributed by atoms with Crippen LogP contribution in [0.4, 0.5) is 0 Å². The molecule has 5 heteroatoms. The fraction of sp³-hybridized carbons (Fsp3) is 0.571. The van der Waals surface area contributed by atoms with Crippen LogP contribution in [-0.2, 0) is 11.2 Å². The standard InChI is InChI=1S/C28H37N3O2/c1-3-5-6-7-8-16-28(21-29)17-14-25(15-18-28)33-27(32)24-12-10-23(11-13-24)26-30-19-22(9-4-2)20-31-26/h10-13,19-20,25H,3-9,14-18H2,1-2H3. The molecule has 1 fully saturated rings. The molecule has 0 spiro atoms. The minimum absolute atomic E-state index is 0.104. The van der Waals surface area contributed by atoms with Crippen molar-refractivity contribution in [3.8, 4) is 17.5 Å². The van der Waals surface area contributed by atoms with Crippen LogP contribution in [0, 0.1) is 16.7 Å². The molecule has 1 aromatic carbocycles. The van der Waals surface area contributed by atoms with Gasteiger partial charge in [0.05, 0.1) is 17.0 Å². The lowest BCUT2D eigenvalue weighted by Gasteiger charge is -2.34. The van der Waals surface area contributed by atoms with Crippen molar-refractivity contribution in [1.29, 1.82) is 5.26 Å². The number of ether oxygens (including phenoxy) is 1. The fourth-order valence-electron chi connectivity index (χ4n) is 4.64. The van der Waals surface area contributed by atoms with E-state index in [1.54, 1.807) is 12.1 Å². The van der Waals surface area contributed by atoms with Crippen LogP contribution in [0.2, 0.25) is 0 Å². The summed E-state index contributed by atoms with van der Waals surface area (Å²) in [6.07, 6.45) is 15.9. The largest absolute Gasteiger partial charge is 0.459 e. The lowest BCUT2D eigenvalue weighted by atomic mass is 9.71. The topological polar surface area (TPSA) is 75.9 Å². The minimum Gasteiger partial charge on any atom is -0.459 e. The Balaban J connectivity index is 1.49. The Morgan fingerprint density at radius 1 is 1.03 bits per heavy atom. The first kappa shape index (κ1) is 24.9. The molecule has 1 heterocycles. The van der Waals surface area contributed by atoms with Crippen LogP contribution < -0.4 is 0 Å². The number of aryl methyl sites for hydroxylation is 1. The Hall–Kier alpha value is -2.74. The molecule has 0 amide bonds. The van der Waals surface area contributed by atoms with E-state index in [-0.39, 0.29) is 17.5 Å². The summed E-state index contributed by atoms with van der Waals surface area (Å²) in [4.78, 5) is 21.5. The summed E-state index contributed by atoms with van der Waals surface area (Å²) in [5.74, 6) is 0.361. The van der Waals surface area contributed by atoms with Crippen molar-refractivity contribution in [1.82, 2.24) is 9.97 Å². The Labute approximate surface area is 198 Å². The maximum Gasteiger partial charge on any atom is 0.338 e. The van der Waals surface area contributed by atoms with E-state index in [4.69, 9.17) is 4.74 Å². The monoisotopic (exact) mass is 447 g/mol. The highest BCUT2D eigenvalue weighted by Gasteiger charge is 2.36. The molecule has 2 aromatic rings. The van der Waals surface area contributed by atoms with Crippen molar-refractivity contribution in [2.24, 2.45) is 5.41 Å². The van der Waals surface area contributed by atoms with Gasteiger partial charge >= 0.3 is 5.97 Å². The molecule has 1 saturated carbocycles. The molecule has 176 valence electrons. The third-order valence-corrected chi connectivity index (χ3v) is 6.78. The number of hydrogen-bond acceptors (Lipinski definition) is 5. The number of hydrogen-bond donors (Lipinski definition) is 0. The number of carbonyl (C=O) groups excluding carboxylic acids is 1. The predicted octanol–water partition coefficient (Wildman–Crippen LogP) is 7.07. The lowest BCUT2D eigenvalue weighted by Crippen LogP contribution is -2.31. The van der Waals surface area contributed by atoms with Crippen LogP contribution >= 0.6 is 0 Å². The minimum atomic E-state index is -0.296. The van der Waals surface area contributed by atoms with Crippen molar-refractivity contribution in [2.75, 3.05) is 0 Å². The molecule has 1 aromatic heterocycles. The van der Waals surface area contributed by atoms with Gasteiger partial charge in [0.25, 0.3) is 0 Å². The first-order valence-corrected chi connectivity index (χ1v) is 12.6. The van der Waals surface area contributed by atoms with E-state index < -0.39 is 0 Å². The molecule has 0 bridgehead atoms. The number of benzene rings is 1. The summed E-state index contributed by atoms with van der Waals surface area (Å²) < 4.78 is 5.78. The second kappa shape index (κ2) is 12.5. The normalized spacial score (nSPS) is 20.2. The number of unbranched alkanes of at least 4 members (excludes halogenated alkanes) is 4. The van der Waals surface area contributed by atoms with Gasteiger partial charge in [-0.05, 0) is 56.2 Å². The Kier molecular flexibility index (Phi) is 9.42. The van der Waals surface area contributed by atoms with E-state index in [1.165, 1.54) is 25.7 Å². The molecule has 3 rings (SSSR count). The van der Waals surface area contributed by atoms with Gasteiger partial charge in [-0.2, -0.15) is 5.26 Å². The van der Waals surface area contributed by atoms with E-state index in [0.717, 1.165) is 62.5 Å². The van der Waals surface area contributed by atoms with Gasteiger partial charge in [0.15, 0.2) is 5.82 Å². The SMILES string of the molecule is CCCCCCCC1(C#N)CCC(OC(=O)c2ccc(-c3ncc(CCC)cn3)cc2)CC1. The molecule has 0 N–H and O–H groups in total. The van der Waals surface area contributed by atoms with Gasteiger partial charge in [0, 0.05) is 18.0 Å². The number of nitrogens with zero attached hydrogens (tertiary/aromatic N) is 3. The van der Waals surface area contributed by atoms with Crippen LogP contribution in [0.1, 0.15) is 100 Å². The van der Waals surface area contributed by atoms with E-state index in [2.05, 4.69) is 29.9 Å². The first-order valence-electron chi connectivity index (χ1n) is 12.6. The first-order chi connectivity index (χ1) is 16.1. The van der Waals surface area contributed by atoms with Crippen molar-refractivity contribution >= 4 is 5.97 Å². The third kappa shape index (κ3) is 7.12. The second-order valence-electron chi connectivity index (χ2n) is 9.40. The summed E-state index contributed by atoms with van der Waals surface area (Å²) in [6, 6.07) is 9.88. The van der Waals surface area contributed by atoms with Crippen molar-refractivity contribution < 1.29 is 9.53 Å². The summed E-state index contributed by atoms with van der Waals surface area (Å²) >= 11 is 0. The van der Waals surface area contributed by atoms with Crippen molar-refractivity contribution in [3.63, 3.8) is 0 Å². The van der Waals surface area contributed by atoms with Crippen molar-refractivity contribution in [3.05, 3.63) is 47.8 Å². The number of carbonyl (C=O) groups is 1. The zero-order valence-corrected chi connectivity index (χ0v) is 20.2. The molecule has 0 radical (unpaired) electrons. The van der Waals surface area contributed by atoms with Gasteiger partial charge in [-0.3, -0.25) is 0 Å². The highest BCUT2D eigenvalue weighted by molar-refractivity contribution is 5.90.